The van der Waals surface area contributed by atoms with Gasteiger partial charge in [-0.2, -0.15) is 0 Å². The molecule has 19 heavy (non-hydrogen) atoms. The fourth-order valence-electron chi connectivity index (χ4n) is 2.04. The molecule has 0 radical (unpaired) electrons. The van der Waals surface area contributed by atoms with E-state index in [2.05, 4.69) is 38.1 Å². The number of halogens is 2. The summed E-state index contributed by atoms with van der Waals surface area (Å²) in [7, 11) is 1.83. The average Bonchev–Trinajstić information content (AvgIpc) is 2.36. The third-order valence-electron chi connectivity index (χ3n) is 2.93. The van der Waals surface area contributed by atoms with Gasteiger partial charge in [0, 0.05) is 28.3 Å². The van der Waals surface area contributed by atoms with Gasteiger partial charge in [0.25, 0.3) is 0 Å². The van der Waals surface area contributed by atoms with Gasteiger partial charge in [-0.15, -0.1) is 0 Å². The first-order valence-corrected chi connectivity index (χ1v) is 6.86. The molecule has 0 aliphatic rings. The van der Waals surface area contributed by atoms with Crippen LogP contribution >= 0.6 is 15.9 Å². The molecule has 100 valence electrons. The van der Waals surface area contributed by atoms with Crippen molar-refractivity contribution in [2.24, 2.45) is 0 Å². The van der Waals surface area contributed by atoms with Crippen molar-refractivity contribution in [2.75, 3.05) is 12.4 Å². The lowest BCUT2D eigenvalue weighted by Gasteiger charge is -2.11. The van der Waals surface area contributed by atoms with Gasteiger partial charge in [-0.1, -0.05) is 22.9 Å². The van der Waals surface area contributed by atoms with Crippen molar-refractivity contribution in [1.29, 1.82) is 0 Å². The average molecular weight is 324 g/mol. The normalized spacial score (nSPS) is 10.6. The van der Waals surface area contributed by atoms with Crippen molar-refractivity contribution in [3.8, 4) is 11.4 Å². The number of nitrogens with zero attached hydrogens (tertiary/aromatic N) is 2. The van der Waals surface area contributed by atoms with Crippen LogP contribution in [0.25, 0.3) is 11.4 Å². The SMILES string of the molecule is CCc1c(C)nc(-c2cc(F)cc(Br)c2)nc1NC. The first kappa shape index (κ1) is 13.9. The van der Waals surface area contributed by atoms with Crippen LogP contribution in [0.2, 0.25) is 0 Å². The number of aryl methyl sites for hydroxylation is 1. The largest absolute Gasteiger partial charge is 0.373 e. The van der Waals surface area contributed by atoms with E-state index in [-0.39, 0.29) is 5.82 Å². The van der Waals surface area contributed by atoms with Gasteiger partial charge in [0.2, 0.25) is 0 Å². The van der Waals surface area contributed by atoms with E-state index in [1.165, 1.54) is 12.1 Å². The van der Waals surface area contributed by atoms with Gasteiger partial charge < -0.3 is 5.32 Å². The Morgan fingerprint density at radius 3 is 2.58 bits per heavy atom. The highest BCUT2D eigenvalue weighted by Gasteiger charge is 2.11. The standard InChI is InChI=1S/C14H15BrFN3/c1-4-12-8(2)18-13(19-14(12)17-3)9-5-10(15)7-11(16)6-9/h5-7H,4H2,1-3H3,(H,17,18,19). The van der Waals surface area contributed by atoms with Gasteiger partial charge in [-0.25, -0.2) is 14.4 Å². The minimum absolute atomic E-state index is 0.309. The summed E-state index contributed by atoms with van der Waals surface area (Å²) in [6, 6.07) is 4.66. The highest BCUT2D eigenvalue weighted by molar-refractivity contribution is 9.10. The summed E-state index contributed by atoms with van der Waals surface area (Å²) < 4.78 is 14.1. The Kier molecular flexibility index (Phi) is 4.14. The summed E-state index contributed by atoms with van der Waals surface area (Å²) >= 11 is 3.28. The molecular formula is C14H15BrFN3. The van der Waals surface area contributed by atoms with Gasteiger partial charge in [-0.05, 0) is 31.5 Å². The molecule has 0 aliphatic heterocycles. The lowest BCUT2D eigenvalue weighted by atomic mass is 10.1. The van der Waals surface area contributed by atoms with Crippen LogP contribution in [0, 0.1) is 12.7 Å². The zero-order chi connectivity index (χ0) is 14.0. The molecular weight excluding hydrogens is 309 g/mol. The van der Waals surface area contributed by atoms with Crippen LogP contribution in [0.1, 0.15) is 18.2 Å². The van der Waals surface area contributed by atoms with Crippen molar-refractivity contribution >= 4 is 21.7 Å². The van der Waals surface area contributed by atoms with Crippen molar-refractivity contribution in [2.45, 2.75) is 20.3 Å². The van der Waals surface area contributed by atoms with E-state index < -0.39 is 0 Å². The highest BCUT2D eigenvalue weighted by atomic mass is 79.9. The number of hydrogen-bond acceptors (Lipinski definition) is 3. The maximum Gasteiger partial charge on any atom is 0.161 e. The summed E-state index contributed by atoms with van der Waals surface area (Å²) in [4.78, 5) is 8.93. The Morgan fingerprint density at radius 2 is 2.00 bits per heavy atom. The first-order valence-electron chi connectivity index (χ1n) is 6.07. The van der Waals surface area contributed by atoms with E-state index in [9.17, 15) is 4.39 Å². The van der Waals surface area contributed by atoms with E-state index >= 15 is 0 Å². The van der Waals surface area contributed by atoms with Crippen LogP contribution in [-0.2, 0) is 6.42 Å². The Bertz CT molecular complexity index is 594. The monoisotopic (exact) mass is 323 g/mol. The molecule has 1 N–H and O–H groups in total. The number of nitrogens with one attached hydrogen (secondary N) is 1. The maximum atomic E-state index is 13.4. The van der Waals surface area contributed by atoms with Gasteiger partial charge in [0.15, 0.2) is 5.82 Å². The lowest BCUT2D eigenvalue weighted by molar-refractivity contribution is 0.627. The third kappa shape index (κ3) is 2.92. The Balaban J connectivity index is 2.59. The molecule has 0 amide bonds. The second-order valence-corrected chi connectivity index (χ2v) is 5.14. The number of aromatic nitrogens is 2. The van der Waals surface area contributed by atoms with Gasteiger partial charge in [0.1, 0.15) is 11.6 Å². The molecule has 3 nitrogen and oxygen atoms in total. The number of rotatable bonds is 3. The zero-order valence-corrected chi connectivity index (χ0v) is 12.7. The molecule has 1 heterocycles. The molecule has 1 aromatic carbocycles. The van der Waals surface area contributed by atoms with Crippen LogP contribution in [0.15, 0.2) is 22.7 Å². The molecule has 0 atom stereocenters. The predicted molar refractivity (Wildman–Crippen MR) is 78.8 cm³/mol. The fraction of sp³-hybridized carbons (Fsp3) is 0.286. The molecule has 0 bridgehead atoms. The van der Waals surface area contributed by atoms with Crippen molar-refractivity contribution < 1.29 is 4.39 Å². The number of hydrogen-bond donors (Lipinski definition) is 1. The second-order valence-electron chi connectivity index (χ2n) is 4.22. The predicted octanol–water partition coefficient (Wildman–Crippen LogP) is 3.96. The summed E-state index contributed by atoms with van der Waals surface area (Å²) in [5.74, 6) is 1.01. The van der Waals surface area contributed by atoms with Crippen molar-refractivity contribution in [3.63, 3.8) is 0 Å². The number of benzene rings is 1. The molecule has 1 aromatic heterocycles. The Morgan fingerprint density at radius 1 is 1.26 bits per heavy atom. The highest BCUT2D eigenvalue weighted by Crippen LogP contribution is 2.25. The minimum atomic E-state index is -0.309. The second kappa shape index (κ2) is 5.65. The van der Waals surface area contributed by atoms with Crippen LogP contribution < -0.4 is 5.32 Å². The topological polar surface area (TPSA) is 37.8 Å². The van der Waals surface area contributed by atoms with E-state index in [1.807, 2.05) is 20.0 Å². The van der Waals surface area contributed by atoms with Crippen molar-refractivity contribution in [1.82, 2.24) is 9.97 Å². The fourth-order valence-corrected chi connectivity index (χ4v) is 2.50. The Labute approximate surface area is 120 Å². The summed E-state index contributed by atoms with van der Waals surface area (Å²) in [6.07, 6.45) is 0.856. The van der Waals surface area contributed by atoms with E-state index in [4.69, 9.17) is 0 Å². The molecule has 0 fully saturated rings. The molecule has 0 saturated carbocycles. The van der Waals surface area contributed by atoms with Crippen LogP contribution in [0.4, 0.5) is 10.2 Å². The first-order chi connectivity index (χ1) is 9.05. The molecule has 0 unspecified atom stereocenters. The Hall–Kier alpha value is -1.49. The van der Waals surface area contributed by atoms with E-state index in [1.54, 1.807) is 0 Å². The smallest absolute Gasteiger partial charge is 0.161 e. The van der Waals surface area contributed by atoms with Crippen molar-refractivity contribution in [3.05, 3.63) is 39.7 Å². The van der Waals surface area contributed by atoms with Crippen LogP contribution in [0.3, 0.4) is 0 Å². The maximum absolute atomic E-state index is 13.4. The molecule has 0 saturated heterocycles. The summed E-state index contributed by atoms with van der Waals surface area (Å²) in [6.45, 7) is 4.00. The zero-order valence-electron chi connectivity index (χ0n) is 11.1. The molecule has 0 aliphatic carbocycles. The van der Waals surface area contributed by atoms with E-state index in [0.717, 1.165) is 23.5 Å². The third-order valence-corrected chi connectivity index (χ3v) is 3.38. The van der Waals surface area contributed by atoms with Gasteiger partial charge in [0.05, 0.1) is 0 Å². The van der Waals surface area contributed by atoms with Gasteiger partial charge in [-0.3, -0.25) is 0 Å². The molecule has 5 heteroatoms. The molecule has 2 aromatic rings. The van der Waals surface area contributed by atoms with Gasteiger partial charge >= 0.3 is 0 Å². The quantitative estimate of drug-likeness (QED) is 0.929. The molecule has 2 rings (SSSR count). The molecule has 0 spiro atoms. The van der Waals surface area contributed by atoms with Crippen LogP contribution in [0.5, 0.6) is 0 Å². The minimum Gasteiger partial charge on any atom is -0.373 e. The van der Waals surface area contributed by atoms with E-state index in [0.29, 0.717) is 15.9 Å². The van der Waals surface area contributed by atoms with Crippen LogP contribution in [-0.4, -0.2) is 17.0 Å². The summed E-state index contributed by atoms with van der Waals surface area (Å²) in [5.41, 5.74) is 2.66. The summed E-state index contributed by atoms with van der Waals surface area (Å²) in [5, 5.41) is 3.07. The lowest BCUT2D eigenvalue weighted by Crippen LogP contribution is -2.05. The number of anilines is 1.